The summed E-state index contributed by atoms with van der Waals surface area (Å²) in [6, 6.07) is 62.7. The van der Waals surface area contributed by atoms with Crippen molar-refractivity contribution in [2.24, 2.45) is 0 Å². The molecule has 0 saturated heterocycles. The van der Waals surface area contributed by atoms with Crippen molar-refractivity contribution < 1.29 is 8.83 Å². The summed E-state index contributed by atoms with van der Waals surface area (Å²) in [5.41, 5.74) is 11.5. The van der Waals surface area contributed by atoms with Crippen molar-refractivity contribution >= 4 is 65.7 Å². The molecule has 8 aromatic carbocycles. The van der Waals surface area contributed by atoms with E-state index in [1.54, 1.807) is 0 Å². The van der Waals surface area contributed by atoms with Gasteiger partial charge in [0, 0.05) is 49.0 Å². The third-order valence-corrected chi connectivity index (χ3v) is 11.1. The van der Waals surface area contributed by atoms with E-state index in [9.17, 15) is 0 Å². The molecule has 0 aliphatic heterocycles. The van der Waals surface area contributed by atoms with E-state index in [1.165, 1.54) is 0 Å². The van der Waals surface area contributed by atoms with Crippen LogP contribution < -0.4 is 0 Å². The molecule has 12 aromatic rings. The average Bonchev–Trinajstić information content (AvgIpc) is 3.96. The van der Waals surface area contributed by atoms with Gasteiger partial charge in [-0.3, -0.25) is 0 Å². The molecule has 57 heavy (non-hydrogen) atoms. The minimum atomic E-state index is 0.579. The first-order valence-corrected chi connectivity index (χ1v) is 19.0. The largest absolute Gasteiger partial charge is 0.456 e. The Morgan fingerprint density at radius 2 is 0.947 bits per heavy atom. The number of rotatable bonds is 5. The number of fused-ring (bicyclic) bond motifs is 9. The average molecular weight is 731 g/mol. The van der Waals surface area contributed by atoms with Crippen LogP contribution in [0.15, 0.2) is 191 Å². The van der Waals surface area contributed by atoms with Crippen LogP contribution in [0.2, 0.25) is 0 Å². The van der Waals surface area contributed by atoms with Crippen LogP contribution in [0.3, 0.4) is 0 Å². The van der Waals surface area contributed by atoms with Crippen LogP contribution in [0.1, 0.15) is 0 Å². The van der Waals surface area contributed by atoms with Crippen LogP contribution in [0.5, 0.6) is 0 Å². The van der Waals surface area contributed by atoms with Gasteiger partial charge < -0.3 is 13.4 Å². The first-order valence-electron chi connectivity index (χ1n) is 19.0. The molecule has 6 heteroatoms. The molecule has 0 aliphatic rings. The summed E-state index contributed by atoms with van der Waals surface area (Å²) in [6.07, 6.45) is 0. The molecule has 4 heterocycles. The molecular formula is C51H30N4O2. The molecular weight excluding hydrogens is 701 g/mol. The monoisotopic (exact) mass is 730 g/mol. The molecule has 0 radical (unpaired) electrons. The Hall–Kier alpha value is -7.83. The van der Waals surface area contributed by atoms with Gasteiger partial charge in [-0.15, -0.1) is 0 Å². The van der Waals surface area contributed by atoms with Crippen LogP contribution in [0.4, 0.5) is 0 Å². The summed E-state index contributed by atoms with van der Waals surface area (Å²) < 4.78 is 15.3. The fraction of sp³-hybridized carbons (Fsp3) is 0. The summed E-state index contributed by atoms with van der Waals surface area (Å²) in [7, 11) is 0. The van der Waals surface area contributed by atoms with Crippen molar-refractivity contribution in [3.63, 3.8) is 0 Å². The molecule has 0 unspecified atom stereocenters. The molecule has 266 valence electrons. The fourth-order valence-corrected chi connectivity index (χ4v) is 8.45. The van der Waals surface area contributed by atoms with E-state index in [1.807, 2.05) is 60.7 Å². The highest BCUT2D eigenvalue weighted by Gasteiger charge is 2.21. The van der Waals surface area contributed by atoms with Crippen LogP contribution in [0.25, 0.3) is 117 Å². The van der Waals surface area contributed by atoms with E-state index in [0.717, 1.165) is 99.2 Å². The van der Waals surface area contributed by atoms with E-state index in [4.69, 9.17) is 23.8 Å². The van der Waals surface area contributed by atoms with Gasteiger partial charge in [-0.05, 0) is 65.7 Å². The lowest BCUT2D eigenvalue weighted by molar-refractivity contribution is 0.666. The lowest BCUT2D eigenvalue weighted by atomic mass is 9.99. The Morgan fingerprint density at radius 1 is 0.351 bits per heavy atom. The summed E-state index contributed by atoms with van der Waals surface area (Å²) in [6.45, 7) is 0. The van der Waals surface area contributed by atoms with E-state index < -0.39 is 0 Å². The highest BCUT2D eigenvalue weighted by atomic mass is 16.3. The number of hydrogen-bond acceptors (Lipinski definition) is 5. The second kappa shape index (κ2) is 12.3. The molecule has 0 bridgehead atoms. The predicted molar refractivity (Wildman–Crippen MR) is 230 cm³/mol. The number of para-hydroxylation sites is 3. The Balaban J connectivity index is 1.05. The predicted octanol–water partition coefficient (Wildman–Crippen LogP) is 13.4. The SMILES string of the molecule is c1ccc(-c2nc(-c3ccc4c(c3)oc3ccccc34)nc(-c3ccc4c(c3)c3ccccc3n4-c3cccc4c3oc3cccc(-c5ccccc5)c34)n2)cc1. The maximum absolute atomic E-state index is 6.76. The second-order valence-corrected chi connectivity index (χ2v) is 14.4. The topological polar surface area (TPSA) is 69.9 Å². The minimum Gasteiger partial charge on any atom is -0.456 e. The van der Waals surface area contributed by atoms with Gasteiger partial charge in [0.15, 0.2) is 23.1 Å². The molecule has 0 fully saturated rings. The molecule has 0 amide bonds. The molecule has 0 N–H and O–H groups in total. The third kappa shape index (κ3) is 4.94. The zero-order valence-corrected chi connectivity index (χ0v) is 30.4. The summed E-state index contributed by atoms with van der Waals surface area (Å²) in [5.74, 6) is 1.78. The quantitative estimate of drug-likeness (QED) is 0.176. The zero-order chi connectivity index (χ0) is 37.5. The van der Waals surface area contributed by atoms with Crippen molar-refractivity contribution in [3.8, 4) is 51.0 Å². The Bertz CT molecular complexity index is 3530. The molecule has 0 spiro atoms. The van der Waals surface area contributed by atoms with Gasteiger partial charge in [-0.1, -0.05) is 127 Å². The Morgan fingerprint density at radius 3 is 1.77 bits per heavy atom. The van der Waals surface area contributed by atoms with Gasteiger partial charge in [-0.25, -0.2) is 15.0 Å². The summed E-state index contributed by atoms with van der Waals surface area (Å²) in [5, 5.41) is 6.55. The molecule has 0 aliphatic carbocycles. The maximum Gasteiger partial charge on any atom is 0.164 e. The van der Waals surface area contributed by atoms with Crippen molar-refractivity contribution in [2.75, 3.05) is 0 Å². The maximum atomic E-state index is 6.76. The van der Waals surface area contributed by atoms with Crippen molar-refractivity contribution in [1.29, 1.82) is 0 Å². The highest BCUT2D eigenvalue weighted by Crippen LogP contribution is 2.42. The number of nitrogens with zero attached hydrogens (tertiary/aromatic N) is 4. The molecule has 12 rings (SSSR count). The van der Waals surface area contributed by atoms with Crippen LogP contribution >= 0.6 is 0 Å². The van der Waals surface area contributed by atoms with Crippen LogP contribution in [-0.2, 0) is 0 Å². The van der Waals surface area contributed by atoms with Crippen LogP contribution in [0, 0.1) is 0 Å². The number of aromatic nitrogens is 4. The lowest BCUT2D eigenvalue weighted by Gasteiger charge is -2.10. The van der Waals surface area contributed by atoms with Crippen molar-refractivity contribution in [2.45, 2.75) is 0 Å². The van der Waals surface area contributed by atoms with Crippen molar-refractivity contribution in [3.05, 3.63) is 182 Å². The molecule has 6 nitrogen and oxygen atoms in total. The normalized spacial score (nSPS) is 11.9. The first kappa shape index (κ1) is 31.5. The number of furan rings is 2. The van der Waals surface area contributed by atoms with Crippen LogP contribution in [-0.4, -0.2) is 19.5 Å². The Labute approximate surface area is 325 Å². The summed E-state index contributed by atoms with van der Waals surface area (Å²) >= 11 is 0. The van der Waals surface area contributed by atoms with Gasteiger partial charge in [0.05, 0.1) is 16.7 Å². The van der Waals surface area contributed by atoms with E-state index >= 15 is 0 Å². The van der Waals surface area contributed by atoms with E-state index in [2.05, 4.69) is 126 Å². The first-order chi connectivity index (χ1) is 28.2. The minimum absolute atomic E-state index is 0.579. The number of hydrogen-bond donors (Lipinski definition) is 0. The molecule has 0 saturated carbocycles. The molecule has 0 atom stereocenters. The van der Waals surface area contributed by atoms with Crippen molar-refractivity contribution in [1.82, 2.24) is 19.5 Å². The zero-order valence-electron chi connectivity index (χ0n) is 30.4. The fourth-order valence-electron chi connectivity index (χ4n) is 8.45. The van der Waals surface area contributed by atoms with E-state index in [-0.39, 0.29) is 0 Å². The second-order valence-electron chi connectivity index (χ2n) is 14.4. The summed E-state index contributed by atoms with van der Waals surface area (Å²) in [4.78, 5) is 15.2. The standard InChI is InChI=1S/C51H30N4O2/c1-3-13-31(14-4-1)35-19-12-24-45-47(35)39-20-11-22-43(48(39)57-45)55-41-21-9-7-17-36(41)40-29-33(26-28-42(40)55)50-52-49(32-15-5-2-6-16-32)53-51(54-50)34-25-27-38-37-18-8-10-23-44(37)56-46(38)30-34/h1-30H. The molecule has 4 aromatic heterocycles. The van der Waals surface area contributed by atoms with Gasteiger partial charge in [0.25, 0.3) is 0 Å². The highest BCUT2D eigenvalue weighted by molar-refractivity contribution is 6.16. The van der Waals surface area contributed by atoms with Gasteiger partial charge in [-0.2, -0.15) is 0 Å². The van der Waals surface area contributed by atoms with Gasteiger partial charge >= 0.3 is 0 Å². The Kier molecular flexibility index (Phi) is 6.83. The lowest BCUT2D eigenvalue weighted by Crippen LogP contribution is -2.00. The third-order valence-electron chi connectivity index (χ3n) is 11.1. The van der Waals surface area contributed by atoms with Gasteiger partial charge in [0.2, 0.25) is 0 Å². The number of benzene rings is 8. The smallest absolute Gasteiger partial charge is 0.164 e. The van der Waals surface area contributed by atoms with E-state index in [0.29, 0.717) is 17.5 Å². The van der Waals surface area contributed by atoms with Gasteiger partial charge in [0.1, 0.15) is 16.7 Å².